The Labute approximate surface area is 141 Å². The minimum absolute atomic E-state index is 0.0657. The number of methoxy groups -OCH3 is 1. The Hall–Kier alpha value is -2.66. The summed E-state index contributed by atoms with van der Waals surface area (Å²) in [6.07, 6.45) is 0. The molecular weight excluding hydrogens is 304 g/mol. The summed E-state index contributed by atoms with van der Waals surface area (Å²) in [6.45, 7) is 3.81. The fraction of sp³-hybridized carbons (Fsp3) is 0.263. The van der Waals surface area contributed by atoms with Crippen molar-refractivity contribution in [3.05, 3.63) is 65.2 Å². The van der Waals surface area contributed by atoms with Gasteiger partial charge in [-0.15, -0.1) is 0 Å². The van der Waals surface area contributed by atoms with Crippen molar-refractivity contribution in [2.45, 2.75) is 25.9 Å². The van der Waals surface area contributed by atoms with Crippen molar-refractivity contribution in [1.82, 2.24) is 5.32 Å². The highest BCUT2D eigenvalue weighted by molar-refractivity contribution is 6.09. The van der Waals surface area contributed by atoms with Crippen molar-refractivity contribution < 1.29 is 14.3 Å². The summed E-state index contributed by atoms with van der Waals surface area (Å²) in [6, 6.07) is 14.2. The van der Waals surface area contributed by atoms with Gasteiger partial charge in [0.2, 0.25) is 0 Å². The van der Waals surface area contributed by atoms with Crippen molar-refractivity contribution in [3.8, 4) is 0 Å². The maximum Gasteiger partial charge on any atom is 0.325 e. The Morgan fingerprint density at radius 1 is 1.08 bits per heavy atom. The molecule has 0 bridgehead atoms. The van der Waals surface area contributed by atoms with E-state index in [1.807, 2.05) is 18.2 Å². The Bertz CT molecular complexity index is 740. The third kappa shape index (κ3) is 4.00. The highest BCUT2D eigenvalue weighted by Crippen LogP contribution is 2.18. The van der Waals surface area contributed by atoms with Gasteiger partial charge in [0.05, 0.1) is 7.11 Å². The van der Waals surface area contributed by atoms with Gasteiger partial charge < -0.3 is 10.5 Å². The lowest BCUT2D eigenvalue weighted by Crippen LogP contribution is -2.47. The van der Waals surface area contributed by atoms with Crippen molar-refractivity contribution >= 4 is 17.4 Å². The monoisotopic (exact) mass is 326 g/mol. The topological polar surface area (TPSA) is 81.4 Å². The second kappa shape index (κ2) is 7.27. The zero-order chi connectivity index (χ0) is 17.7. The van der Waals surface area contributed by atoms with E-state index in [9.17, 15) is 9.59 Å². The first-order chi connectivity index (χ1) is 11.3. The van der Waals surface area contributed by atoms with E-state index in [0.29, 0.717) is 23.4 Å². The molecule has 3 N–H and O–H groups in total. The number of rotatable bonds is 6. The lowest BCUT2D eigenvalue weighted by molar-refractivity contribution is -0.147. The van der Waals surface area contributed by atoms with Crippen LogP contribution < -0.4 is 11.1 Å². The molecule has 0 atom stereocenters. The van der Waals surface area contributed by atoms with Gasteiger partial charge in [-0.25, -0.2) is 0 Å². The molecule has 0 radical (unpaired) electrons. The molecule has 126 valence electrons. The van der Waals surface area contributed by atoms with Crippen molar-refractivity contribution in [3.63, 3.8) is 0 Å². The number of ether oxygens (including phenoxy) is 1. The van der Waals surface area contributed by atoms with Crippen molar-refractivity contribution in [1.29, 1.82) is 0 Å². The fourth-order valence-corrected chi connectivity index (χ4v) is 2.30. The number of benzene rings is 2. The first-order valence-corrected chi connectivity index (χ1v) is 7.67. The van der Waals surface area contributed by atoms with Crippen LogP contribution in [0, 0.1) is 0 Å². The Morgan fingerprint density at radius 3 is 2.38 bits per heavy atom. The molecule has 2 rings (SSSR count). The van der Waals surface area contributed by atoms with Gasteiger partial charge in [0.1, 0.15) is 5.54 Å². The zero-order valence-corrected chi connectivity index (χ0v) is 14.1. The van der Waals surface area contributed by atoms with E-state index in [1.54, 1.807) is 44.2 Å². The Kier molecular flexibility index (Phi) is 5.36. The van der Waals surface area contributed by atoms with E-state index in [4.69, 9.17) is 10.5 Å². The largest absolute Gasteiger partial charge is 0.468 e. The minimum atomic E-state index is -0.847. The summed E-state index contributed by atoms with van der Waals surface area (Å²) in [5.74, 6) is -0.429. The Balaban J connectivity index is 2.20. The van der Waals surface area contributed by atoms with E-state index in [2.05, 4.69) is 5.32 Å². The molecule has 24 heavy (non-hydrogen) atoms. The van der Waals surface area contributed by atoms with Gasteiger partial charge in [-0.05, 0) is 37.6 Å². The second-order valence-corrected chi connectivity index (χ2v) is 6.08. The van der Waals surface area contributed by atoms with E-state index in [0.717, 1.165) is 5.56 Å². The highest BCUT2D eigenvalue weighted by Gasteiger charge is 2.28. The zero-order valence-electron chi connectivity index (χ0n) is 14.1. The smallest absolute Gasteiger partial charge is 0.325 e. The molecule has 0 aliphatic carbocycles. The molecule has 0 heterocycles. The van der Waals surface area contributed by atoms with Gasteiger partial charge >= 0.3 is 5.97 Å². The first-order valence-electron chi connectivity index (χ1n) is 7.67. The number of nitrogens with two attached hydrogens (primary N) is 1. The van der Waals surface area contributed by atoms with Crippen LogP contribution >= 0.6 is 0 Å². The van der Waals surface area contributed by atoms with Gasteiger partial charge in [-0.2, -0.15) is 0 Å². The summed E-state index contributed by atoms with van der Waals surface area (Å²) >= 11 is 0. The lowest BCUT2D eigenvalue weighted by Gasteiger charge is -2.23. The van der Waals surface area contributed by atoms with Gasteiger partial charge in [-0.1, -0.05) is 30.3 Å². The molecule has 0 aliphatic rings. The molecule has 5 heteroatoms. The van der Waals surface area contributed by atoms with Crippen LogP contribution in [-0.4, -0.2) is 24.4 Å². The molecule has 2 aromatic carbocycles. The molecule has 5 nitrogen and oxygen atoms in total. The summed E-state index contributed by atoms with van der Waals surface area (Å²) in [7, 11) is 1.35. The van der Waals surface area contributed by atoms with E-state index in [-0.39, 0.29) is 11.8 Å². The third-order valence-electron chi connectivity index (χ3n) is 3.86. The number of esters is 1. The third-order valence-corrected chi connectivity index (χ3v) is 3.86. The quantitative estimate of drug-likeness (QED) is 0.484. The molecule has 0 saturated carbocycles. The van der Waals surface area contributed by atoms with Gasteiger partial charge in [0.25, 0.3) is 0 Å². The summed E-state index contributed by atoms with van der Waals surface area (Å²) in [5.41, 5.74) is 7.65. The van der Waals surface area contributed by atoms with Crippen LogP contribution in [0.3, 0.4) is 0 Å². The number of hydrogen-bond donors (Lipinski definition) is 2. The highest BCUT2D eigenvalue weighted by atomic mass is 16.5. The summed E-state index contributed by atoms with van der Waals surface area (Å²) in [5, 5.41) is 3.11. The van der Waals surface area contributed by atoms with Crippen LogP contribution in [0.15, 0.2) is 48.5 Å². The summed E-state index contributed by atoms with van der Waals surface area (Å²) in [4.78, 5) is 24.3. The maximum absolute atomic E-state index is 12.5. The molecule has 0 saturated heterocycles. The lowest BCUT2D eigenvalue weighted by atomic mass is 9.99. The average molecular weight is 326 g/mol. The minimum Gasteiger partial charge on any atom is -0.468 e. The second-order valence-electron chi connectivity index (χ2n) is 6.08. The fourth-order valence-electron chi connectivity index (χ4n) is 2.30. The normalized spacial score (nSPS) is 11.1. The van der Waals surface area contributed by atoms with Gasteiger partial charge in [0.15, 0.2) is 5.78 Å². The molecule has 0 aromatic heterocycles. The average Bonchev–Trinajstić information content (AvgIpc) is 2.60. The number of nitrogens with one attached hydrogen (secondary N) is 1. The molecule has 2 aromatic rings. The van der Waals surface area contributed by atoms with Crippen LogP contribution in [0.2, 0.25) is 0 Å². The van der Waals surface area contributed by atoms with Gasteiger partial charge in [-0.3, -0.25) is 14.9 Å². The van der Waals surface area contributed by atoms with E-state index < -0.39 is 5.54 Å². The Morgan fingerprint density at radius 2 is 1.75 bits per heavy atom. The van der Waals surface area contributed by atoms with E-state index >= 15 is 0 Å². The van der Waals surface area contributed by atoms with Crippen LogP contribution in [0.4, 0.5) is 5.69 Å². The number of hydrogen-bond acceptors (Lipinski definition) is 5. The SMILES string of the molecule is COC(=O)C(C)(C)NCc1cc(C(=O)c2ccccc2)ccc1N. The van der Waals surface area contributed by atoms with Crippen LogP contribution in [0.1, 0.15) is 35.3 Å². The first kappa shape index (κ1) is 17.7. The maximum atomic E-state index is 12.5. The van der Waals surface area contributed by atoms with Crippen molar-refractivity contribution in [2.75, 3.05) is 12.8 Å². The molecule has 0 amide bonds. The van der Waals surface area contributed by atoms with Crippen LogP contribution in [0.5, 0.6) is 0 Å². The molecule has 0 fully saturated rings. The standard InChI is InChI=1S/C19H22N2O3/c1-19(2,18(23)24-3)21-12-15-11-14(9-10-16(15)20)17(22)13-7-5-4-6-8-13/h4-11,21H,12,20H2,1-3H3. The van der Waals surface area contributed by atoms with Gasteiger partial charge in [0, 0.05) is 23.4 Å². The van der Waals surface area contributed by atoms with Crippen LogP contribution in [-0.2, 0) is 16.1 Å². The van der Waals surface area contributed by atoms with Crippen LogP contribution in [0.25, 0.3) is 0 Å². The van der Waals surface area contributed by atoms with E-state index in [1.165, 1.54) is 7.11 Å². The molecule has 0 unspecified atom stereocenters. The predicted octanol–water partition coefficient (Wildman–Crippen LogP) is 2.54. The molecule has 0 aliphatic heterocycles. The van der Waals surface area contributed by atoms with Crippen molar-refractivity contribution in [2.24, 2.45) is 0 Å². The molecule has 0 spiro atoms. The number of nitrogen functional groups attached to an aromatic ring is 1. The number of ketones is 1. The number of carbonyl (C=O) groups excluding carboxylic acids is 2. The summed E-state index contributed by atoms with van der Waals surface area (Å²) < 4.78 is 4.77. The predicted molar refractivity (Wildman–Crippen MR) is 93.7 cm³/mol. The number of carbonyl (C=O) groups is 2. The number of anilines is 1. The molecular formula is C19H22N2O3.